The van der Waals surface area contributed by atoms with Gasteiger partial charge in [0, 0.05) is 18.8 Å². The normalized spacial score (nSPS) is 35.6. The molecule has 1 heterocycles. The van der Waals surface area contributed by atoms with Crippen LogP contribution in [0.1, 0.15) is 20.3 Å². The first-order valence-electron chi connectivity index (χ1n) is 4.65. The average molecular weight is 206 g/mol. The topological polar surface area (TPSA) is 64.4 Å². The average Bonchev–Trinajstić information content (AvgIpc) is 2.02. The van der Waals surface area contributed by atoms with Crippen molar-refractivity contribution in [1.29, 1.82) is 4.78 Å². The summed E-state index contributed by atoms with van der Waals surface area (Å²) in [5, 5.41) is 9.46. The van der Waals surface area contributed by atoms with Gasteiger partial charge in [0.15, 0.2) is 0 Å². The first kappa shape index (κ1) is 10.9. The van der Waals surface area contributed by atoms with E-state index in [1.165, 1.54) is 0 Å². The molecule has 3 unspecified atom stereocenters. The van der Waals surface area contributed by atoms with Crippen LogP contribution in [0, 0.1) is 10.7 Å². The summed E-state index contributed by atoms with van der Waals surface area (Å²) >= 11 is 0. The van der Waals surface area contributed by atoms with Gasteiger partial charge in [0.1, 0.15) is 9.92 Å². The highest BCUT2D eigenvalue weighted by atomic mass is 32.2. The zero-order valence-corrected chi connectivity index (χ0v) is 9.01. The van der Waals surface area contributed by atoms with Gasteiger partial charge in [-0.2, -0.15) is 0 Å². The highest BCUT2D eigenvalue weighted by molar-refractivity contribution is 7.90. The number of piperidine rings is 1. The fourth-order valence-corrected chi connectivity index (χ4v) is 2.97. The molecular formula is C8H18N2O2S. The molecular weight excluding hydrogens is 188 g/mol. The van der Waals surface area contributed by atoms with Crippen LogP contribution in [0.15, 0.2) is 0 Å². The van der Waals surface area contributed by atoms with Crippen LogP contribution in [0.25, 0.3) is 0 Å². The van der Waals surface area contributed by atoms with Crippen molar-refractivity contribution in [2.24, 2.45) is 5.92 Å². The van der Waals surface area contributed by atoms with Crippen LogP contribution >= 0.6 is 0 Å². The van der Waals surface area contributed by atoms with E-state index in [2.05, 4.69) is 0 Å². The summed E-state index contributed by atoms with van der Waals surface area (Å²) < 4.78 is 20.9. The molecule has 5 heteroatoms. The highest BCUT2D eigenvalue weighted by Crippen LogP contribution is 2.19. The van der Waals surface area contributed by atoms with Crippen LogP contribution < -0.4 is 0 Å². The van der Waals surface area contributed by atoms with Gasteiger partial charge in [-0.3, -0.25) is 0 Å². The van der Waals surface area contributed by atoms with E-state index in [4.69, 9.17) is 4.78 Å². The molecule has 0 aromatic carbocycles. The Bertz CT molecular complexity index is 253. The van der Waals surface area contributed by atoms with Crippen LogP contribution in [0.5, 0.6) is 0 Å². The van der Waals surface area contributed by atoms with Crippen LogP contribution in [0.3, 0.4) is 0 Å². The molecule has 78 valence electrons. The Hall–Kier alpha value is -0.130. The summed E-state index contributed by atoms with van der Waals surface area (Å²) in [6.45, 7) is 4.83. The van der Waals surface area contributed by atoms with Crippen molar-refractivity contribution in [1.82, 2.24) is 4.31 Å². The maximum atomic E-state index is 11.7. The van der Waals surface area contributed by atoms with Crippen LogP contribution in [-0.2, 0) is 9.92 Å². The third-order valence-electron chi connectivity index (χ3n) is 2.41. The van der Waals surface area contributed by atoms with Crippen molar-refractivity contribution in [3.8, 4) is 0 Å². The van der Waals surface area contributed by atoms with Crippen LogP contribution in [0.4, 0.5) is 0 Å². The summed E-state index contributed by atoms with van der Waals surface area (Å²) in [6.07, 6.45) is 0.344. The molecule has 1 rings (SSSR count). The Morgan fingerprint density at radius 1 is 1.62 bits per heavy atom. The number of aliphatic hydroxyl groups is 1. The predicted molar refractivity (Wildman–Crippen MR) is 52.8 cm³/mol. The molecule has 0 aromatic heterocycles. The van der Waals surface area contributed by atoms with E-state index in [1.54, 1.807) is 11.2 Å². The molecule has 3 atom stereocenters. The molecule has 0 radical (unpaired) electrons. The third-order valence-corrected chi connectivity index (χ3v) is 4.33. The number of nitrogens with one attached hydrogen (secondary N) is 1. The fraction of sp³-hybridized carbons (Fsp3) is 1.00. The largest absolute Gasteiger partial charge is 0.392 e. The molecule has 13 heavy (non-hydrogen) atoms. The Kier molecular flexibility index (Phi) is 3.32. The minimum Gasteiger partial charge on any atom is -0.392 e. The molecule has 0 spiro atoms. The predicted octanol–water partition coefficient (Wildman–Crippen LogP) is 0.671. The second kappa shape index (κ2) is 3.94. The van der Waals surface area contributed by atoms with Crippen molar-refractivity contribution in [3.63, 3.8) is 0 Å². The van der Waals surface area contributed by atoms with E-state index >= 15 is 0 Å². The Labute approximate surface area is 80.0 Å². The first-order chi connectivity index (χ1) is 5.95. The summed E-state index contributed by atoms with van der Waals surface area (Å²) in [4.78, 5) is 0. The molecule has 1 saturated heterocycles. The summed E-state index contributed by atoms with van der Waals surface area (Å²) in [5.41, 5.74) is 0. The molecule has 0 saturated carbocycles. The molecule has 1 aliphatic rings. The number of nitrogens with zero attached hydrogens (tertiary/aromatic N) is 1. The number of rotatable bonds is 2. The third kappa shape index (κ3) is 2.65. The van der Waals surface area contributed by atoms with Crippen molar-refractivity contribution >= 4 is 9.92 Å². The van der Waals surface area contributed by atoms with Gasteiger partial charge in [-0.15, -0.1) is 0 Å². The second-order valence-electron chi connectivity index (χ2n) is 3.77. The molecule has 2 N–H and O–H groups in total. The minimum absolute atomic E-state index is 0.335. The van der Waals surface area contributed by atoms with Gasteiger partial charge in [0.05, 0.1) is 6.10 Å². The zero-order valence-electron chi connectivity index (χ0n) is 8.19. The lowest BCUT2D eigenvalue weighted by Gasteiger charge is -2.34. The van der Waals surface area contributed by atoms with Gasteiger partial charge >= 0.3 is 0 Å². The molecule has 1 fully saturated rings. The van der Waals surface area contributed by atoms with E-state index in [0.29, 0.717) is 24.8 Å². The smallest absolute Gasteiger partial charge is 0.107 e. The van der Waals surface area contributed by atoms with Crippen molar-refractivity contribution in [3.05, 3.63) is 0 Å². The molecule has 4 nitrogen and oxygen atoms in total. The summed E-state index contributed by atoms with van der Waals surface area (Å²) in [7, 11) is -2.61. The van der Waals surface area contributed by atoms with Crippen molar-refractivity contribution in [2.45, 2.75) is 26.4 Å². The number of β-amino-alcohol motifs (C(OH)–C–C–N with tert-alkyl or cyclic N) is 1. The number of aliphatic hydroxyl groups excluding tert-OH is 1. The summed E-state index contributed by atoms with van der Waals surface area (Å²) in [6, 6.07) is 0. The second-order valence-corrected chi connectivity index (χ2v) is 6.15. The standard InChI is InChI=1S/C8H18N2O2S/c1-3-13(9,12)10-5-7(2)4-8(11)6-10/h7-9,11H,3-6H2,1-2H3. The van der Waals surface area contributed by atoms with Crippen molar-refractivity contribution in [2.75, 3.05) is 18.8 Å². The van der Waals surface area contributed by atoms with E-state index in [0.717, 1.165) is 6.42 Å². The lowest BCUT2D eigenvalue weighted by Crippen LogP contribution is -2.45. The molecule has 0 aromatic rings. The maximum Gasteiger partial charge on any atom is 0.107 e. The van der Waals surface area contributed by atoms with E-state index < -0.39 is 16.0 Å². The van der Waals surface area contributed by atoms with E-state index in [1.807, 2.05) is 6.92 Å². The molecule has 0 aliphatic carbocycles. The lowest BCUT2D eigenvalue weighted by molar-refractivity contribution is 0.0836. The monoisotopic (exact) mass is 206 g/mol. The Morgan fingerprint density at radius 2 is 2.23 bits per heavy atom. The fourth-order valence-electron chi connectivity index (χ4n) is 1.69. The van der Waals surface area contributed by atoms with Crippen LogP contribution in [0.2, 0.25) is 0 Å². The Balaban J connectivity index is 2.71. The van der Waals surface area contributed by atoms with Crippen LogP contribution in [-0.4, -0.2) is 38.6 Å². The lowest BCUT2D eigenvalue weighted by atomic mass is 10.00. The first-order valence-corrected chi connectivity index (χ1v) is 6.33. The number of hydrogen-bond donors (Lipinski definition) is 2. The summed E-state index contributed by atoms with van der Waals surface area (Å²) in [5.74, 6) is 0.674. The van der Waals surface area contributed by atoms with E-state index in [-0.39, 0.29) is 0 Å². The van der Waals surface area contributed by atoms with Gasteiger partial charge in [0.25, 0.3) is 0 Å². The Morgan fingerprint density at radius 3 is 2.69 bits per heavy atom. The van der Waals surface area contributed by atoms with Gasteiger partial charge < -0.3 is 5.11 Å². The van der Waals surface area contributed by atoms with Gasteiger partial charge in [-0.05, 0) is 12.3 Å². The molecule has 0 bridgehead atoms. The van der Waals surface area contributed by atoms with Gasteiger partial charge in [0.2, 0.25) is 0 Å². The van der Waals surface area contributed by atoms with Crippen molar-refractivity contribution < 1.29 is 9.32 Å². The van der Waals surface area contributed by atoms with Gasteiger partial charge in [-0.1, -0.05) is 13.8 Å². The highest BCUT2D eigenvalue weighted by Gasteiger charge is 2.27. The SMILES string of the molecule is CCS(=N)(=O)N1CC(C)CC(O)C1. The minimum atomic E-state index is -2.61. The number of hydrogen-bond acceptors (Lipinski definition) is 3. The van der Waals surface area contributed by atoms with Gasteiger partial charge in [-0.25, -0.2) is 13.3 Å². The van der Waals surface area contributed by atoms with E-state index in [9.17, 15) is 9.32 Å². The quantitative estimate of drug-likeness (QED) is 0.697. The zero-order chi connectivity index (χ0) is 10.1. The maximum absolute atomic E-state index is 11.7. The molecule has 1 aliphatic heterocycles. The molecule has 0 amide bonds.